The number of hydrogen-bond donors (Lipinski definition) is 2. The van der Waals surface area contributed by atoms with E-state index in [0.717, 1.165) is 50.1 Å². The van der Waals surface area contributed by atoms with E-state index < -0.39 is 0 Å². The Kier molecular flexibility index (Phi) is 11.9. The zero-order chi connectivity index (χ0) is 28.6. The zero-order valence-electron chi connectivity index (χ0n) is 23.2. The Morgan fingerprint density at radius 3 is 2.49 bits per heavy atom. The van der Waals surface area contributed by atoms with Crippen LogP contribution >= 0.6 is 36.0 Å². The molecule has 1 aliphatic heterocycles. The van der Waals surface area contributed by atoms with E-state index in [1.165, 1.54) is 11.1 Å². The summed E-state index contributed by atoms with van der Waals surface area (Å²) >= 11 is 15.8. The molecule has 3 atom stereocenters. The number of thiol groups is 1. The highest BCUT2D eigenvalue weighted by Crippen LogP contribution is 2.41. The molecule has 9 heteroatoms. The van der Waals surface area contributed by atoms with Gasteiger partial charge in [-0.05, 0) is 85.9 Å². The van der Waals surface area contributed by atoms with E-state index in [2.05, 4.69) is 63.1 Å². The van der Waals surface area contributed by atoms with Gasteiger partial charge < -0.3 is 9.47 Å². The number of quaternary nitrogens is 1. The van der Waals surface area contributed by atoms with Gasteiger partial charge in [-0.15, -0.1) is 16.6 Å². The number of benzene rings is 2. The largest absolute Gasteiger partial charge is 0.490 e. The van der Waals surface area contributed by atoms with E-state index in [0.29, 0.717) is 40.7 Å². The fourth-order valence-electron chi connectivity index (χ4n) is 5.32. The Balaban J connectivity index is 0.000000231. The number of ether oxygens (including phenoxy) is 2. The van der Waals surface area contributed by atoms with Crippen LogP contribution in [0, 0.1) is 30.1 Å². The van der Waals surface area contributed by atoms with Gasteiger partial charge >= 0.3 is 0 Å². The van der Waals surface area contributed by atoms with Gasteiger partial charge in [-0.2, -0.15) is 10.5 Å². The van der Waals surface area contributed by atoms with Crippen LogP contribution in [0.1, 0.15) is 55.4 Å². The summed E-state index contributed by atoms with van der Waals surface area (Å²) in [6, 6.07) is 12.1. The third kappa shape index (κ3) is 8.78. The third-order valence-electron chi connectivity index (χ3n) is 7.21. The summed E-state index contributed by atoms with van der Waals surface area (Å²) in [5, 5.41) is 21.5. The molecule has 2 aliphatic rings. The molecule has 1 aliphatic carbocycles. The first-order valence-electron chi connectivity index (χ1n) is 13.5. The lowest BCUT2D eigenvalue weighted by atomic mass is 10.0. The third-order valence-corrected chi connectivity index (χ3v) is 7.90. The normalized spacial score (nSPS) is 22.1. The summed E-state index contributed by atoms with van der Waals surface area (Å²) in [6.45, 7) is 8.36. The first-order chi connectivity index (χ1) is 18.6. The lowest BCUT2D eigenvalue weighted by Crippen LogP contribution is -2.47. The van der Waals surface area contributed by atoms with Crippen molar-refractivity contribution >= 4 is 42.1 Å². The summed E-state index contributed by atoms with van der Waals surface area (Å²) in [5.74, 6) is 2.96. The number of halogens is 2. The molecule has 0 bridgehead atoms. The summed E-state index contributed by atoms with van der Waals surface area (Å²) in [5.41, 5.74) is 4.02. The van der Waals surface area contributed by atoms with Crippen molar-refractivity contribution in [2.75, 3.05) is 32.6 Å². The molecule has 1 saturated carbocycles. The minimum Gasteiger partial charge on any atom is -0.490 e. The number of nitrogens with zero attached hydrogens (tertiary/aromatic N) is 3. The van der Waals surface area contributed by atoms with Crippen molar-refractivity contribution in [1.29, 1.82) is 5.26 Å². The van der Waals surface area contributed by atoms with Crippen LogP contribution in [-0.2, 0) is 6.42 Å². The summed E-state index contributed by atoms with van der Waals surface area (Å²) in [6.07, 6.45) is 8.50. The second kappa shape index (κ2) is 14.6. The molecule has 1 N–H and O–H groups in total. The predicted octanol–water partition coefficient (Wildman–Crippen LogP) is 7.49. The minimum absolute atomic E-state index is 0.283. The summed E-state index contributed by atoms with van der Waals surface area (Å²) < 4.78 is 11.2. The molecule has 2 fully saturated rings. The van der Waals surface area contributed by atoms with Crippen molar-refractivity contribution in [3.63, 3.8) is 0 Å². The number of aryl methyl sites for hydroxylation is 2. The van der Waals surface area contributed by atoms with Crippen LogP contribution in [-0.4, -0.2) is 53.1 Å². The molecule has 2 aromatic rings. The molecule has 0 aromatic heterocycles. The molecular formula is C30H40Cl2N3O3S+. The van der Waals surface area contributed by atoms with E-state index in [4.69, 9.17) is 37.9 Å². The number of alkyl halides is 1. The molecule has 6 nitrogen and oxygen atoms in total. The molecule has 0 radical (unpaired) electrons. The van der Waals surface area contributed by atoms with Crippen molar-refractivity contribution in [1.82, 2.24) is 5.01 Å². The maximum absolute atomic E-state index is 9.97. The number of rotatable bonds is 9. The SMILES string of the molecule is C/C=C\c1cc(OC2CC3CN([N+](C)(O)S)CC3C2)ccc1C.CCCc1cc(Cl)c(OCCCl)c(C#N)c1. The average molecular weight is 594 g/mol. The van der Waals surface area contributed by atoms with Crippen molar-refractivity contribution in [2.45, 2.75) is 52.6 Å². The molecule has 1 saturated heterocycles. The second-order valence-electron chi connectivity index (χ2n) is 10.3. The molecule has 0 spiro atoms. The molecule has 39 heavy (non-hydrogen) atoms. The summed E-state index contributed by atoms with van der Waals surface area (Å²) in [7, 11) is 1.69. The molecule has 3 unspecified atom stereocenters. The van der Waals surface area contributed by atoms with Gasteiger partial charge in [-0.3, -0.25) is 0 Å². The van der Waals surface area contributed by atoms with Gasteiger partial charge in [0.1, 0.15) is 38.3 Å². The molecule has 212 valence electrons. The maximum atomic E-state index is 9.97. The number of allylic oxidation sites excluding steroid dienone is 1. The minimum atomic E-state index is -0.358. The number of hydrogen-bond acceptors (Lipinski definition) is 6. The van der Waals surface area contributed by atoms with E-state index in [-0.39, 0.29) is 10.3 Å². The van der Waals surface area contributed by atoms with E-state index in [1.54, 1.807) is 7.05 Å². The van der Waals surface area contributed by atoms with Crippen molar-refractivity contribution in [3.8, 4) is 17.6 Å². The van der Waals surface area contributed by atoms with E-state index in [1.807, 2.05) is 24.1 Å². The van der Waals surface area contributed by atoms with Crippen LogP contribution in [0.25, 0.3) is 6.08 Å². The lowest BCUT2D eigenvalue weighted by molar-refractivity contribution is -1.07. The van der Waals surface area contributed by atoms with Gasteiger partial charge in [0.15, 0.2) is 5.75 Å². The smallest absolute Gasteiger partial charge is 0.155 e. The second-order valence-corrected chi connectivity index (χ2v) is 11.9. The number of nitriles is 1. The van der Waals surface area contributed by atoms with Crippen molar-refractivity contribution in [2.24, 2.45) is 11.8 Å². The molecule has 4 rings (SSSR count). The quantitative estimate of drug-likeness (QED) is 0.137. The first-order valence-corrected chi connectivity index (χ1v) is 14.8. The lowest BCUT2D eigenvalue weighted by Gasteiger charge is -2.27. The molecule has 0 amide bonds. The van der Waals surface area contributed by atoms with Gasteiger partial charge in [0.2, 0.25) is 0 Å². The Bertz CT molecular complexity index is 1170. The van der Waals surface area contributed by atoms with Crippen molar-refractivity contribution < 1.29 is 18.8 Å². The first kappa shape index (κ1) is 31.6. The van der Waals surface area contributed by atoms with Gasteiger partial charge in [0, 0.05) is 0 Å². The zero-order valence-corrected chi connectivity index (χ0v) is 25.6. The Morgan fingerprint density at radius 2 is 1.92 bits per heavy atom. The number of fused-ring (bicyclic) bond motifs is 1. The van der Waals surface area contributed by atoms with Crippen LogP contribution in [0.15, 0.2) is 36.4 Å². The molecule has 2 aromatic carbocycles. The van der Waals surface area contributed by atoms with Gasteiger partial charge in [0.05, 0.1) is 35.7 Å². The van der Waals surface area contributed by atoms with Gasteiger partial charge in [-0.25, -0.2) is 0 Å². The maximum Gasteiger partial charge on any atom is 0.155 e. The van der Waals surface area contributed by atoms with Crippen LogP contribution in [0.4, 0.5) is 0 Å². The van der Waals surface area contributed by atoms with Crippen LogP contribution in [0.3, 0.4) is 0 Å². The highest BCUT2D eigenvalue weighted by Gasteiger charge is 2.47. The molecular weight excluding hydrogens is 553 g/mol. The topological polar surface area (TPSA) is 65.7 Å². The highest BCUT2D eigenvalue weighted by atomic mass is 35.5. The monoisotopic (exact) mass is 592 g/mol. The Morgan fingerprint density at radius 1 is 1.23 bits per heavy atom. The predicted molar refractivity (Wildman–Crippen MR) is 161 cm³/mol. The molecule has 1 heterocycles. The number of hydroxylamine groups is 1. The van der Waals surface area contributed by atoms with Crippen LogP contribution in [0.5, 0.6) is 11.5 Å². The van der Waals surface area contributed by atoms with Crippen LogP contribution < -0.4 is 9.47 Å². The van der Waals surface area contributed by atoms with Crippen LogP contribution in [0.2, 0.25) is 5.02 Å². The fourth-order valence-corrected chi connectivity index (χ4v) is 5.84. The van der Waals surface area contributed by atoms with E-state index in [9.17, 15) is 5.21 Å². The highest BCUT2D eigenvalue weighted by molar-refractivity contribution is 7.74. The Hall–Kier alpha value is -1.92. The van der Waals surface area contributed by atoms with E-state index >= 15 is 0 Å². The van der Waals surface area contributed by atoms with Crippen molar-refractivity contribution in [3.05, 3.63) is 63.7 Å². The fraction of sp³-hybridized carbons (Fsp3) is 0.500. The Labute approximate surface area is 248 Å². The summed E-state index contributed by atoms with van der Waals surface area (Å²) in [4.78, 5) is 0. The van der Waals surface area contributed by atoms with Gasteiger partial charge in [0.25, 0.3) is 0 Å². The van der Waals surface area contributed by atoms with Gasteiger partial charge in [-0.1, -0.05) is 47.3 Å². The standard InChI is InChI=1S/C18H27N2O2S.C12H13Cl2NO/c1-4-5-14-8-17(7-6-13(14)2)22-18-9-15-11-19(20(3,21)23)12-16(15)10-18;1-2-3-9-6-10(8-15)12(11(14)7-9)16-5-4-13/h4-8,15-16,18,21,23H,9-12H2,1-3H3;6-7H,2-5H2,1H3/q+1;/b5-4-;. The average Bonchev–Trinajstić information content (AvgIpc) is 3.45.